The highest BCUT2D eigenvalue weighted by atomic mass is 35.5. The van der Waals surface area contributed by atoms with E-state index in [4.69, 9.17) is 16.3 Å². The van der Waals surface area contributed by atoms with Crippen molar-refractivity contribution in [2.45, 2.75) is 25.4 Å². The first-order valence-electron chi connectivity index (χ1n) is 8.75. The normalized spacial score (nSPS) is 16.1. The number of carbonyl (C=O) groups is 2. The van der Waals surface area contributed by atoms with Crippen LogP contribution in [0, 0.1) is 5.82 Å². The molecule has 2 aromatic rings. The zero-order valence-electron chi connectivity index (χ0n) is 14.6. The van der Waals surface area contributed by atoms with Crippen LogP contribution in [0.25, 0.3) is 0 Å². The first kappa shape index (κ1) is 19.3. The van der Waals surface area contributed by atoms with Crippen LogP contribution in [0.4, 0.5) is 10.1 Å². The standard InChI is InChI=1S/C20H20ClFN2O3/c21-14-8-7-13(17(22)11-14)10-19(25)24-18-6-2-1-5-16(18)20(26)23-12-15-4-3-9-27-15/h1-2,5-8,11,15H,3-4,9-10,12H2,(H,23,26)(H,24,25)/t15-/m0/s1. The van der Waals surface area contributed by atoms with Crippen LogP contribution in [0.3, 0.4) is 0 Å². The Balaban J connectivity index is 1.64. The number of carbonyl (C=O) groups excluding carboxylic acids is 2. The summed E-state index contributed by atoms with van der Waals surface area (Å²) in [7, 11) is 0. The Labute approximate surface area is 161 Å². The molecule has 1 saturated heterocycles. The minimum Gasteiger partial charge on any atom is -0.376 e. The molecule has 2 N–H and O–H groups in total. The van der Waals surface area contributed by atoms with Crippen LogP contribution in [0.1, 0.15) is 28.8 Å². The number of hydrogen-bond acceptors (Lipinski definition) is 3. The van der Waals surface area contributed by atoms with Crippen LogP contribution in [0.5, 0.6) is 0 Å². The number of nitrogens with one attached hydrogen (secondary N) is 2. The molecule has 2 aromatic carbocycles. The van der Waals surface area contributed by atoms with Crippen molar-refractivity contribution in [1.82, 2.24) is 5.32 Å². The molecule has 0 unspecified atom stereocenters. The number of anilines is 1. The molecule has 1 atom stereocenters. The molecule has 142 valence electrons. The van der Waals surface area contributed by atoms with Crippen LogP contribution in [-0.4, -0.2) is 31.1 Å². The molecule has 0 aliphatic carbocycles. The minimum atomic E-state index is -0.541. The maximum Gasteiger partial charge on any atom is 0.253 e. The fraction of sp³-hybridized carbons (Fsp3) is 0.300. The van der Waals surface area contributed by atoms with E-state index in [-0.39, 0.29) is 29.0 Å². The predicted molar refractivity (Wildman–Crippen MR) is 101 cm³/mol. The molecule has 2 amide bonds. The number of amides is 2. The van der Waals surface area contributed by atoms with E-state index in [1.54, 1.807) is 24.3 Å². The van der Waals surface area contributed by atoms with Crippen LogP contribution >= 0.6 is 11.6 Å². The van der Waals surface area contributed by atoms with Gasteiger partial charge >= 0.3 is 0 Å². The summed E-state index contributed by atoms with van der Waals surface area (Å²) in [5, 5.41) is 5.78. The van der Waals surface area contributed by atoms with E-state index in [0.717, 1.165) is 18.9 Å². The Morgan fingerprint density at radius 2 is 2.04 bits per heavy atom. The summed E-state index contributed by atoms with van der Waals surface area (Å²) in [4.78, 5) is 24.8. The number of para-hydroxylation sites is 1. The van der Waals surface area contributed by atoms with E-state index in [2.05, 4.69) is 10.6 Å². The Kier molecular flexibility index (Phi) is 6.42. The van der Waals surface area contributed by atoms with E-state index in [1.165, 1.54) is 12.1 Å². The maximum absolute atomic E-state index is 13.9. The fourth-order valence-corrected chi connectivity index (χ4v) is 3.09. The van der Waals surface area contributed by atoms with Crippen molar-refractivity contribution in [3.63, 3.8) is 0 Å². The van der Waals surface area contributed by atoms with E-state index in [1.807, 2.05) is 0 Å². The summed E-state index contributed by atoms with van der Waals surface area (Å²) in [6.45, 7) is 1.14. The average Bonchev–Trinajstić information content (AvgIpc) is 3.16. The van der Waals surface area contributed by atoms with Crippen LogP contribution < -0.4 is 10.6 Å². The smallest absolute Gasteiger partial charge is 0.253 e. The maximum atomic E-state index is 13.9. The number of halogens is 2. The molecule has 1 heterocycles. The molecular weight excluding hydrogens is 371 g/mol. The van der Waals surface area contributed by atoms with Gasteiger partial charge < -0.3 is 15.4 Å². The Bertz CT molecular complexity index is 838. The lowest BCUT2D eigenvalue weighted by Gasteiger charge is -2.14. The second kappa shape index (κ2) is 8.97. The Morgan fingerprint density at radius 1 is 1.22 bits per heavy atom. The van der Waals surface area contributed by atoms with Gasteiger partial charge in [0.1, 0.15) is 5.82 Å². The van der Waals surface area contributed by atoms with Gasteiger partial charge in [-0.3, -0.25) is 9.59 Å². The third-order valence-electron chi connectivity index (χ3n) is 4.33. The second-order valence-corrected chi connectivity index (χ2v) is 6.79. The van der Waals surface area contributed by atoms with Gasteiger partial charge in [-0.15, -0.1) is 0 Å². The lowest BCUT2D eigenvalue weighted by molar-refractivity contribution is -0.115. The van der Waals surface area contributed by atoms with Crippen molar-refractivity contribution in [2.75, 3.05) is 18.5 Å². The SMILES string of the molecule is O=C(Cc1ccc(Cl)cc1F)Nc1ccccc1C(=O)NC[C@@H]1CCCO1. The summed E-state index contributed by atoms with van der Waals surface area (Å²) < 4.78 is 19.4. The fourth-order valence-electron chi connectivity index (χ4n) is 2.93. The summed E-state index contributed by atoms with van der Waals surface area (Å²) >= 11 is 5.72. The molecule has 5 nitrogen and oxygen atoms in total. The molecule has 1 aliphatic heterocycles. The van der Waals surface area contributed by atoms with Gasteiger partial charge in [0.2, 0.25) is 5.91 Å². The number of benzene rings is 2. The molecule has 0 aromatic heterocycles. The van der Waals surface area contributed by atoms with Gasteiger partial charge in [0.15, 0.2) is 0 Å². The molecule has 3 rings (SSSR count). The molecule has 1 fully saturated rings. The number of rotatable bonds is 6. The molecule has 7 heteroatoms. The Morgan fingerprint density at radius 3 is 2.78 bits per heavy atom. The summed E-state index contributed by atoms with van der Waals surface area (Å²) in [6, 6.07) is 10.9. The van der Waals surface area contributed by atoms with Gasteiger partial charge in [0.25, 0.3) is 5.91 Å². The van der Waals surface area contributed by atoms with E-state index in [9.17, 15) is 14.0 Å². The van der Waals surface area contributed by atoms with Crippen molar-refractivity contribution in [3.05, 3.63) is 64.4 Å². The second-order valence-electron chi connectivity index (χ2n) is 6.35. The molecule has 0 spiro atoms. The van der Waals surface area contributed by atoms with E-state index in [0.29, 0.717) is 24.4 Å². The molecular formula is C20H20ClFN2O3. The zero-order chi connectivity index (χ0) is 19.2. The highest BCUT2D eigenvalue weighted by molar-refractivity contribution is 6.30. The van der Waals surface area contributed by atoms with Crippen molar-refractivity contribution >= 4 is 29.1 Å². The summed E-state index contributed by atoms with van der Waals surface area (Å²) in [6.07, 6.45) is 1.79. The van der Waals surface area contributed by atoms with Gasteiger partial charge in [-0.1, -0.05) is 29.8 Å². The largest absolute Gasteiger partial charge is 0.376 e. The van der Waals surface area contributed by atoms with Crippen molar-refractivity contribution in [1.29, 1.82) is 0 Å². The highest BCUT2D eigenvalue weighted by Crippen LogP contribution is 2.18. The first-order chi connectivity index (χ1) is 13.0. The third kappa shape index (κ3) is 5.28. The third-order valence-corrected chi connectivity index (χ3v) is 4.56. The molecule has 1 aliphatic rings. The van der Waals surface area contributed by atoms with Gasteiger partial charge in [-0.2, -0.15) is 0 Å². The van der Waals surface area contributed by atoms with Gasteiger partial charge in [0.05, 0.1) is 23.8 Å². The van der Waals surface area contributed by atoms with Crippen LogP contribution in [-0.2, 0) is 16.0 Å². The average molecular weight is 391 g/mol. The van der Waals surface area contributed by atoms with Crippen LogP contribution in [0.2, 0.25) is 5.02 Å². The predicted octanol–water partition coefficient (Wildman–Crippen LogP) is 3.57. The first-order valence-corrected chi connectivity index (χ1v) is 9.13. The monoisotopic (exact) mass is 390 g/mol. The van der Waals surface area contributed by atoms with E-state index < -0.39 is 11.7 Å². The quantitative estimate of drug-likeness (QED) is 0.792. The molecule has 0 saturated carbocycles. The Hall–Kier alpha value is -2.44. The molecule has 27 heavy (non-hydrogen) atoms. The summed E-state index contributed by atoms with van der Waals surface area (Å²) in [5.41, 5.74) is 0.958. The van der Waals surface area contributed by atoms with Gasteiger partial charge in [-0.25, -0.2) is 4.39 Å². The lowest BCUT2D eigenvalue weighted by Crippen LogP contribution is -2.32. The van der Waals surface area contributed by atoms with E-state index >= 15 is 0 Å². The van der Waals surface area contributed by atoms with Crippen LogP contribution in [0.15, 0.2) is 42.5 Å². The number of hydrogen-bond donors (Lipinski definition) is 2. The minimum absolute atomic E-state index is 0.0311. The van der Waals surface area contributed by atoms with Crippen molar-refractivity contribution < 1.29 is 18.7 Å². The van der Waals surface area contributed by atoms with Crippen molar-refractivity contribution in [3.8, 4) is 0 Å². The topological polar surface area (TPSA) is 67.4 Å². The van der Waals surface area contributed by atoms with Crippen molar-refractivity contribution in [2.24, 2.45) is 0 Å². The highest BCUT2D eigenvalue weighted by Gasteiger charge is 2.18. The molecule has 0 radical (unpaired) electrons. The summed E-state index contributed by atoms with van der Waals surface area (Å²) in [5.74, 6) is -1.25. The van der Waals surface area contributed by atoms with Gasteiger partial charge in [0, 0.05) is 18.2 Å². The zero-order valence-corrected chi connectivity index (χ0v) is 15.4. The number of ether oxygens (including phenoxy) is 1. The molecule has 0 bridgehead atoms. The lowest BCUT2D eigenvalue weighted by atomic mass is 10.1. The van der Waals surface area contributed by atoms with Gasteiger partial charge in [-0.05, 0) is 42.7 Å².